The van der Waals surface area contributed by atoms with Crippen molar-refractivity contribution in [2.75, 3.05) is 13.6 Å². The van der Waals surface area contributed by atoms with E-state index in [2.05, 4.69) is 10.9 Å². The van der Waals surface area contributed by atoms with E-state index in [0.717, 1.165) is 15.8 Å². The molecule has 1 amide bonds. The Bertz CT molecular complexity index is 1280. The first-order valence-electron chi connectivity index (χ1n) is 8.74. The molecule has 29 heavy (non-hydrogen) atoms. The smallest absolute Gasteiger partial charge is 0.272 e. The number of carbonyl (C=O) groups excluding carboxylic acids is 1. The number of fused-ring (bicyclic) bond motifs is 3. The molecule has 0 unspecified atom stereocenters. The van der Waals surface area contributed by atoms with E-state index in [1.165, 1.54) is 17.4 Å². The normalized spacial score (nSPS) is 14.7. The van der Waals surface area contributed by atoms with Crippen LogP contribution in [-0.4, -0.2) is 24.1 Å². The number of hydrogen-bond donors (Lipinski definition) is 0. The van der Waals surface area contributed by atoms with E-state index in [9.17, 15) is 4.79 Å². The van der Waals surface area contributed by atoms with Crippen LogP contribution >= 0.6 is 11.3 Å². The van der Waals surface area contributed by atoms with Crippen molar-refractivity contribution in [3.63, 3.8) is 0 Å². The molecule has 0 saturated carbocycles. The Balaban J connectivity index is 1.48. The van der Waals surface area contributed by atoms with Crippen LogP contribution < -0.4 is 23.7 Å². The summed E-state index contributed by atoms with van der Waals surface area (Å²) in [7, 11) is 0. The molecule has 0 bridgehead atoms. The van der Waals surface area contributed by atoms with Crippen molar-refractivity contribution in [3.05, 3.63) is 46.8 Å². The molecule has 2 aliphatic rings. The number of amides is 1. The second-order valence-electron chi connectivity index (χ2n) is 6.24. The molecule has 3 aromatic rings. The number of rotatable bonds is 3. The van der Waals surface area contributed by atoms with Gasteiger partial charge in [0.2, 0.25) is 13.6 Å². The first kappa shape index (κ1) is 17.4. The molecule has 2 aliphatic heterocycles. The van der Waals surface area contributed by atoms with Gasteiger partial charge in [0, 0.05) is 18.2 Å². The fourth-order valence-corrected chi connectivity index (χ4v) is 4.15. The van der Waals surface area contributed by atoms with Gasteiger partial charge < -0.3 is 23.5 Å². The summed E-state index contributed by atoms with van der Waals surface area (Å²) in [5.74, 6) is 4.90. The third-order valence-corrected chi connectivity index (χ3v) is 5.49. The maximum absolute atomic E-state index is 12.4. The van der Waals surface area contributed by atoms with Crippen molar-refractivity contribution in [1.29, 1.82) is 0 Å². The predicted molar refractivity (Wildman–Crippen MR) is 107 cm³/mol. The minimum atomic E-state index is -0.389. The Morgan fingerprint density at radius 2 is 1.83 bits per heavy atom. The zero-order chi connectivity index (χ0) is 19.8. The van der Waals surface area contributed by atoms with Crippen LogP contribution in [0.4, 0.5) is 0 Å². The van der Waals surface area contributed by atoms with Crippen LogP contribution in [0.3, 0.4) is 0 Å². The number of carbonyl (C=O) groups is 1. The topological polar surface area (TPSA) is 71.3 Å². The molecule has 7 nitrogen and oxygen atoms in total. The van der Waals surface area contributed by atoms with Crippen molar-refractivity contribution in [2.45, 2.75) is 6.54 Å². The first-order valence-corrected chi connectivity index (χ1v) is 9.56. The largest absolute Gasteiger partial charge is 0.454 e. The van der Waals surface area contributed by atoms with Gasteiger partial charge in [-0.05, 0) is 23.8 Å². The van der Waals surface area contributed by atoms with Crippen molar-refractivity contribution >= 4 is 33.5 Å². The molecule has 1 aromatic heterocycles. The highest BCUT2D eigenvalue weighted by molar-refractivity contribution is 7.16. The molecule has 0 aliphatic carbocycles. The molecule has 144 valence electrons. The third kappa shape index (κ3) is 3.22. The van der Waals surface area contributed by atoms with E-state index in [1.807, 2.05) is 28.8 Å². The molecule has 8 heteroatoms. The number of ether oxygens (including phenoxy) is 4. The fraction of sp³-hybridized carbons (Fsp3) is 0.143. The van der Waals surface area contributed by atoms with Crippen LogP contribution in [0.25, 0.3) is 16.3 Å². The summed E-state index contributed by atoms with van der Waals surface area (Å²) in [6, 6.07) is 9.20. The minimum Gasteiger partial charge on any atom is -0.454 e. The molecule has 2 aromatic carbocycles. The average molecular weight is 406 g/mol. The van der Waals surface area contributed by atoms with Gasteiger partial charge in [0.1, 0.15) is 0 Å². The van der Waals surface area contributed by atoms with Gasteiger partial charge in [-0.2, -0.15) is 4.99 Å². The molecule has 0 atom stereocenters. The van der Waals surface area contributed by atoms with Gasteiger partial charge in [0.25, 0.3) is 5.91 Å². The van der Waals surface area contributed by atoms with Gasteiger partial charge in [-0.25, -0.2) is 0 Å². The summed E-state index contributed by atoms with van der Waals surface area (Å²) in [4.78, 5) is 17.2. The number of thiazole rings is 1. The Hall–Kier alpha value is -3.70. The van der Waals surface area contributed by atoms with Gasteiger partial charge in [0.15, 0.2) is 27.8 Å². The third-order valence-electron chi connectivity index (χ3n) is 4.45. The maximum atomic E-state index is 12.4. The highest BCUT2D eigenvalue weighted by atomic mass is 32.1. The van der Waals surface area contributed by atoms with E-state index in [0.29, 0.717) is 27.8 Å². The Morgan fingerprint density at radius 3 is 2.62 bits per heavy atom. The maximum Gasteiger partial charge on any atom is 0.272 e. The summed E-state index contributed by atoms with van der Waals surface area (Å²) in [6.45, 7) is 0.692. The molecule has 0 spiro atoms. The Morgan fingerprint density at radius 1 is 1.10 bits per heavy atom. The lowest BCUT2D eigenvalue weighted by Crippen LogP contribution is -2.15. The Kier molecular flexibility index (Phi) is 4.22. The van der Waals surface area contributed by atoms with E-state index < -0.39 is 0 Å². The number of benzene rings is 2. The Labute approximate surface area is 169 Å². The van der Waals surface area contributed by atoms with Crippen LogP contribution in [0.2, 0.25) is 0 Å². The second-order valence-corrected chi connectivity index (χ2v) is 7.25. The van der Waals surface area contributed by atoms with Crippen molar-refractivity contribution in [2.24, 2.45) is 4.99 Å². The van der Waals surface area contributed by atoms with E-state index >= 15 is 0 Å². The monoisotopic (exact) mass is 406 g/mol. The average Bonchev–Trinajstić information content (AvgIpc) is 3.43. The molecular formula is C21H14N2O5S. The van der Waals surface area contributed by atoms with Gasteiger partial charge in [-0.1, -0.05) is 23.3 Å². The van der Waals surface area contributed by atoms with Crippen molar-refractivity contribution in [1.82, 2.24) is 4.57 Å². The molecule has 0 radical (unpaired) electrons. The summed E-state index contributed by atoms with van der Waals surface area (Å²) < 4.78 is 24.2. The molecule has 0 fully saturated rings. The van der Waals surface area contributed by atoms with Crippen LogP contribution in [0.5, 0.6) is 23.0 Å². The van der Waals surface area contributed by atoms with E-state index in [1.54, 1.807) is 12.1 Å². The minimum absolute atomic E-state index is 0.197. The zero-order valence-corrected chi connectivity index (χ0v) is 15.9. The number of nitrogens with zero attached hydrogens (tertiary/aromatic N) is 2. The van der Waals surface area contributed by atoms with Gasteiger partial charge in [0.05, 0.1) is 16.8 Å². The van der Waals surface area contributed by atoms with Gasteiger partial charge >= 0.3 is 0 Å². The highest BCUT2D eigenvalue weighted by Crippen LogP contribution is 2.37. The zero-order valence-electron chi connectivity index (χ0n) is 15.1. The lowest BCUT2D eigenvalue weighted by atomic mass is 10.2. The quantitative estimate of drug-likeness (QED) is 0.494. The predicted octanol–water partition coefficient (Wildman–Crippen LogP) is 2.93. The van der Waals surface area contributed by atoms with Crippen molar-refractivity contribution < 1.29 is 23.7 Å². The summed E-state index contributed by atoms with van der Waals surface area (Å²) in [6.07, 6.45) is 8.61. The van der Waals surface area contributed by atoms with Crippen LogP contribution in [0, 0.1) is 12.3 Å². The summed E-state index contributed by atoms with van der Waals surface area (Å²) in [5.41, 5.74) is 1.67. The van der Waals surface area contributed by atoms with Crippen LogP contribution in [-0.2, 0) is 11.3 Å². The number of hydrogen-bond acceptors (Lipinski definition) is 6. The fourth-order valence-electron chi connectivity index (χ4n) is 3.10. The highest BCUT2D eigenvalue weighted by Gasteiger charge is 2.17. The van der Waals surface area contributed by atoms with Gasteiger partial charge in [-0.15, -0.1) is 6.42 Å². The summed E-state index contributed by atoms with van der Waals surface area (Å²) >= 11 is 1.37. The van der Waals surface area contributed by atoms with E-state index in [-0.39, 0.29) is 26.0 Å². The molecule has 0 saturated heterocycles. The molecule has 3 heterocycles. The summed E-state index contributed by atoms with van der Waals surface area (Å²) in [5, 5.41) is 0. The first-order chi connectivity index (χ1) is 14.2. The SMILES string of the molecule is C#CCn1c(=NC(=O)C=Cc2ccc3c(c2)OCO3)sc2cc3c(cc21)OCO3. The van der Waals surface area contributed by atoms with E-state index in [4.69, 9.17) is 25.4 Å². The van der Waals surface area contributed by atoms with Crippen LogP contribution in [0.15, 0.2) is 41.4 Å². The number of terminal acetylenes is 1. The molecule has 0 N–H and O–H groups in total. The second kappa shape index (κ2) is 7.04. The van der Waals surface area contributed by atoms with Crippen LogP contribution in [0.1, 0.15) is 5.56 Å². The number of aromatic nitrogens is 1. The van der Waals surface area contributed by atoms with Gasteiger partial charge in [-0.3, -0.25) is 4.79 Å². The lowest BCUT2D eigenvalue weighted by Gasteiger charge is -2.01. The standard InChI is InChI=1S/C21H14N2O5S/c1-2-7-23-14-9-17-18(28-12-27-17)10-19(14)29-21(23)22-20(24)6-4-13-3-5-15-16(8-13)26-11-25-15/h1,3-6,8-10H,7,11-12H2. The molecule has 5 rings (SSSR count). The molecular weight excluding hydrogens is 392 g/mol. The lowest BCUT2D eigenvalue weighted by molar-refractivity contribution is -0.113. The van der Waals surface area contributed by atoms with Crippen molar-refractivity contribution in [3.8, 4) is 35.3 Å².